The Morgan fingerprint density at radius 2 is 2.10 bits per heavy atom. The highest BCUT2D eigenvalue weighted by Crippen LogP contribution is 2.31. The number of nitrogens with one attached hydrogen (secondary N) is 2. The van der Waals surface area contributed by atoms with E-state index < -0.39 is 0 Å². The number of nitrogens with zero attached hydrogens (tertiary/aromatic N) is 2. The minimum atomic E-state index is -0.159. The fourth-order valence-corrected chi connectivity index (χ4v) is 3.39. The zero-order chi connectivity index (χ0) is 14.7. The van der Waals surface area contributed by atoms with E-state index in [1.165, 1.54) is 4.88 Å². The van der Waals surface area contributed by atoms with Crippen molar-refractivity contribution in [2.75, 3.05) is 18.4 Å². The number of anilines is 1. The van der Waals surface area contributed by atoms with Crippen LogP contribution in [0.3, 0.4) is 0 Å². The molecule has 0 spiro atoms. The van der Waals surface area contributed by atoms with Gasteiger partial charge in [-0.15, -0.1) is 11.3 Å². The monoisotopic (exact) mass is 302 g/mol. The molecule has 5 nitrogen and oxygen atoms in total. The smallest absolute Gasteiger partial charge is 0.259 e. The van der Waals surface area contributed by atoms with E-state index in [2.05, 4.69) is 20.6 Å². The maximum absolute atomic E-state index is 12.1. The normalized spacial score (nSPS) is 15.9. The Labute approximate surface area is 127 Å². The van der Waals surface area contributed by atoms with E-state index in [1.807, 2.05) is 19.2 Å². The molecule has 2 aromatic heterocycles. The van der Waals surface area contributed by atoms with Crippen molar-refractivity contribution >= 4 is 22.4 Å². The average Bonchev–Trinajstić information content (AvgIpc) is 2.97. The summed E-state index contributed by atoms with van der Waals surface area (Å²) in [6.07, 6.45) is 5.75. The van der Waals surface area contributed by atoms with Crippen LogP contribution in [0.2, 0.25) is 0 Å². The first-order valence-corrected chi connectivity index (χ1v) is 7.94. The molecule has 21 heavy (non-hydrogen) atoms. The summed E-state index contributed by atoms with van der Waals surface area (Å²) >= 11 is 1.57. The fraction of sp³-hybridized carbons (Fsp3) is 0.400. The molecule has 6 heteroatoms. The molecule has 1 saturated heterocycles. The second-order valence-electron chi connectivity index (χ2n) is 5.23. The van der Waals surface area contributed by atoms with Gasteiger partial charge >= 0.3 is 0 Å². The molecule has 0 unspecified atom stereocenters. The van der Waals surface area contributed by atoms with Gasteiger partial charge in [0.15, 0.2) is 5.13 Å². The fourth-order valence-electron chi connectivity index (χ4n) is 2.41. The van der Waals surface area contributed by atoms with Crippen LogP contribution in [0.25, 0.3) is 0 Å². The molecule has 3 rings (SSSR count). The van der Waals surface area contributed by atoms with Crippen LogP contribution >= 0.6 is 11.3 Å². The standard InChI is InChI=1S/C15H18N4OS/c1-10-2-3-12(8-17-10)14(20)19-15-18-9-13(21-15)11-4-6-16-7-5-11/h2-3,8-9,11,16H,4-7H2,1H3,(H,18,19,20). The number of carbonyl (C=O) groups is 1. The Bertz CT molecular complexity index is 617. The Kier molecular flexibility index (Phi) is 4.26. The van der Waals surface area contributed by atoms with Crippen LogP contribution in [0.5, 0.6) is 0 Å². The quantitative estimate of drug-likeness (QED) is 0.914. The number of piperidine rings is 1. The molecule has 0 atom stereocenters. The highest BCUT2D eigenvalue weighted by Gasteiger charge is 2.18. The van der Waals surface area contributed by atoms with Gasteiger partial charge in [-0.05, 0) is 50.9 Å². The van der Waals surface area contributed by atoms with Gasteiger partial charge in [-0.25, -0.2) is 4.98 Å². The summed E-state index contributed by atoms with van der Waals surface area (Å²) < 4.78 is 0. The van der Waals surface area contributed by atoms with Crippen molar-refractivity contribution in [2.45, 2.75) is 25.7 Å². The molecule has 1 aliphatic rings. The molecule has 3 heterocycles. The van der Waals surface area contributed by atoms with Crippen molar-refractivity contribution in [3.8, 4) is 0 Å². The van der Waals surface area contributed by atoms with Crippen LogP contribution in [-0.2, 0) is 0 Å². The van der Waals surface area contributed by atoms with Crippen molar-refractivity contribution in [1.82, 2.24) is 15.3 Å². The van der Waals surface area contributed by atoms with Gasteiger partial charge in [-0.1, -0.05) is 0 Å². The number of thiazole rings is 1. The van der Waals surface area contributed by atoms with Crippen molar-refractivity contribution in [3.05, 3.63) is 40.7 Å². The molecule has 110 valence electrons. The molecule has 0 saturated carbocycles. The first kappa shape index (κ1) is 14.2. The number of aromatic nitrogens is 2. The number of rotatable bonds is 3. The molecule has 1 amide bonds. The zero-order valence-corrected chi connectivity index (χ0v) is 12.7. The molecular formula is C15H18N4OS. The molecule has 1 fully saturated rings. The van der Waals surface area contributed by atoms with E-state index in [1.54, 1.807) is 23.6 Å². The minimum Gasteiger partial charge on any atom is -0.317 e. The number of hydrogen-bond donors (Lipinski definition) is 2. The zero-order valence-electron chi connectivity index (χ0n) is 11.9. The van der Waals surface area contributed by atoms with Gasteiger partial charge in [0.05, 0.1) is 5.56 Å². The summed E-state index contributed by atoms with van der Waals surface area (Å²) in [5.41, 5.74) is 1.45. The lowest BCUT2D eigenvalue weighted by atomic mass is 9.97. The van der Waals surface area contributed by atoms with Crippen molar-refractivity contribution in [1.29, 1.82) is 0 Å². The van der Waals surface area contributed by atoms with Crippen LogP contribution in [0, 0.1) is 6.92 Å². The number of pyridine rings is 1. The summed E-state index contributed by atoms with van der Waals surface area (Å²) in [6.45, 7) is 4.01. The Morgan fingerprint density at radius 1 is 1.29 bits per heavy atom. The van der Waals surface area contributed by atoms with Crippen LogP contribution in [0.1, 0.15) is 39.7 Å². The lowest BCUT2D eigenvalue weighted by Crippen LogP contribution is -2.26. The maximum Gasteiger partial charge on any atom is 0.259 e. The molecule has 0 aromatic carbocycles. The van der Waals surface area contributed by atoms with Gasteiger partial charge < -0.3 is 5.32 Å². The van der Waals surface area contributed by atoms with E-state index in [-0.39, 0.29) is 5.91 Å². The van der Waals surface area contributed by atoms with E-state index in [4.69, 9.17) is 0 Å². The number of carbonyl (C=O) groups excluding carboxylic acids is 1. The average molecular weight is 302 g/mol. The number of aryl methyl sites for hydroxylation is 1. The number of hydrogen-bond acceptors (Lipinski definition) is 5. The third kappa shape index (κ3) is 3.46. The van der Waals surface area contributed by atoms with Crippen LogP contribution < -0.4 is 10.6 Å². The molecule has 0 aliphatic carbocycles. The SMILES string of the molecule is Cc1ccc(C(=O)Nc2ncc(C3CCNCC3)s2)cn1. The maximum atomic E-state index is 12.1. The lowest BCUT2D eigenvalue weighted by molar-refractivity contribution is 0.102. The molecular weight excluding hydrogens is 284 g/mol. The second-order valence-corrected chi connectivity index (χ2v) is 6.30. The van der Waals surface area contributed by atoms with Gasteiger partial charge in [0.2, 0.25) is 0 Å². The van der Waals surface area contributed by atoms with Gasteiger partial charge in [0, 0.05) is 23.0 Å². The van der Waals surface area contributed by atoms with Crippen molar-refractivity contribution < 1.29 is 4.79 Å². The summed E-state index contributed by atoms with van der Waals surface area (Å²) in [5, 5.41) is 6.87. The Hall–Kier alpha value is -1.79. The highest BCUT2D eigenvalue weighted by atomic mass is 32.1. The molecule has 0 radical (unpaired) electrons. The summed E-state index contributed by atoms with van der Waals surface area (Å²) in [6, 6.07) is 3.61. The second kappa shape index (κ2) is 6.32. The van der Waals surface area contributed by atoms with Crippen LogP contribution in [0.4, 0.5) is 5.13 Å². The summed E-state index contributed by atoms with van der Waals surface area (Å²) in [4.78, 5) is 21.8. The first-order valence-electron chi connectivity index (χ1n) is 7.13. The summed E-state index contributed by atoms with van der Waals surface area (Å²) in [7, 11) is 0. The van der Waals surface area contributed by atoms with E-state index in [0.29, 0.717) is 16.6 Å². The summed E-state index contributed by atoms with van der Waals surface area (Å²) in [5.74, 6) is 0.407. The Morgan fingerprint density at radius 3 is 2.81 bits per heavy atom. The van der Waals surface area contributed by atoms with E-state index >= 15 is 0 Å². The van der Waals surface area contributed by atoms with Gasteiger partial charge in [-0.2, -0.15) is 0 Å². The molecule has 1 aliphatic heterocycles. The van der Waals surface area contributed by atoms with Crippen LogP contribution in [0.15, 0.2) is 24.5 Å². The van der Waals surface area contributed by atoms with Gasteiger partial charge in [0.1, 0.15) is 0 Å². The molecule has 2 N–H and O–H groups in total. The van der Waals surface area contributed by atoms with Crippen molar-refractivity contribution in [3.63, 3.8) is 0 Å². The van der Waals surface area contributed by atoms with E-state index in [0.717, 1.165) is 31.6 Å². The van der Waals surface area contributed by atoms with E-state index in [9.17, 15) is 4.79 Å². The van der Waals surface area contributed by atoms with Gasteiger partial charge in [0.25, 0.3) is 5.91 Å². The predicted molar refractivity (Wildman–Crippen MR) is 83.9 cm³/mol. The van der Waals surface area contributed by atoms with Crippen LogP contribution in [-0.4, -0.2) is 29.0 Å². The Balaban J connectivity index is 1.66. The topological polar surface area (TPSA) is 66.9 Å². The highest BCUT2D eigenvalue weighted by molar-refractivity contribution is 7.15. The first-order chi connectivity index (χ1) is 10.2. The van der Waals surface area contributed by atoms with Crippen molar-refractivity contribution in [2.24, 2.45) is 0 Å². The minimum absolute atomic E-state index is 0.159. The number of amides is 1. The molecule has 2 aromatic rings. The third-order valence-electron chi connectivity index (χ3n) is 3.66. The van der Waals surface area contributed by atoms with Gasteiger partial charge in [-0.3, -0.25) is 15.1 Å². The largest absolute Gasteiger partial charge is 0.317 e. The lowest BCUT2D eigenvalue weighted by Gasteiger charge is -2.20. The third-order valence-corrected chi connectivity index (χ3v) is 4.73. The predicted octanol–water partition coefficient (Wildman–Crippen LogP) is 2.57. The molecule has 0 bridgehead atoms.